The average Bonchev–Trinajstić information content (AvgIpc) is 2.53. The standard InChI is InChI=1S/C16H21F3N2O2/c1-23-11-15(6-8-20-9-7-15)10-21-14(22)12-4-2-3-5-13(12)16(17,18)19/h2-5,20H,6-11H2,1H3,(H,21,22). The number of methoxy groups -OCH3 is 1. The first-order valence-corrected chi connectivity index (χ1v) is 7.52. The van der Waals surface area contributed by atoms with E-state index in [1.54, 1.807) is 7.11 Å². The van der Waals surface area contributed by atoms with Crippen LogP contribution in [0.1, 0.15) is 28.8 Å². The predicted molar refractivity (Wildman–Crippen MR) is 80.2 cm³/mol. The monoisotopic (exact) mass is 330 g/mol. The third kappa shape index (κ3) is 4.45. The minimum Gasteiger partial charge on any atom is -0.384 e. The minimum atomic E-state index is -4.55. The molecule has 2 rings (SSSR count). The van der Waals surface area contributed by atoms with Gasteiger partial charge >= 0.3 is 6.18 Å². The van der Waals surface area contributed by atoms with Gasteiger partial charge in [-0.05, 0) is 38.1 Å². The van der Waals surface area contributed by atoms with E-state index in [4.69, 9.17) is 4.74 Å². The van der Waals surface area contributed by atoms with Gasteiger partial charge < -0.3 is 15.4 Å². The van der Waals surface area contributed by atoms with Crippen molar-refractivity contribution >= 4 is 5.91 Å². The zero-order chi connectivity index (χ0) is 16.9. The Bertz CT molecular complexity index is 535. The molecule has 0 spiro atoms. The molecule has 0 bridgehead atoms. The van der Waals surface area contributed by atoms with Gasteiger partial charge in [0.25, 0.3) is 5.91 Å². The number of alkyl halides is 3. The zero-order valence-corrected chi connectivity index (χ0v) is 13.0. The molecule has 1 saturated heterocycles. The summed E-state index contributed by atoms with van der Waals surface area (Å²) >= 11 is 0. The Morgan fingerprint density at radius 1 is 1.30 bits per heavy atom. The molecule has 0 atom stereocenters. The molecule has 7 heteroatoms. The van der Waals surface area contributed by atoms with Gasteiger partial charge in [-0.25, -0.2) is 0 Å². The molecule has 1 aliphatic heterocycles. The second kappa shape index (κ2) is 7.31. The van der Waals surface area contributed by atoms with Crippen LogP contribution in [0.3, 0.4) is 0 Å². The lowest BCUT2D eigenvalue weighted by molar-refractivity contribution is -0.137. The van der Waals surface area contributed by atoms with Gasteiger partial charge in [-0.3, -0.25) is 4.79 Å². The van der Waals surface area contributed by atoms with E-state index < -0.39 is 17.6 Å². The molecule has 1 aromatic rings. The maximum atomic E-state index is 13.0. The smallest absolute Gasteiger partial charge is 0.384 e. The Hall–Kier alpha value is -1.60. The molecule has 1 heterocycles. The summed E-state index contributed by atoms with van der Waals surface area (Å²) in [7, 11) is 1.59. The number of ether oxygens (including phenoxy) is 1. The second-order valence-corrected chi connectivity index (χ2v) is 5.91. The van der Waals surface area contributed by atoms with Gasteiger partial charge in [0.2, 0.25) is 0 Å². The van der Waals surface area contributed by atoms with Crippen LogP contribution in [-0.2, 0) is 10.9 Å². The van der Waals surface area contributed by atoms with Gasteiger partial charge in [-0.15, -0.1) is 0 Å². The fourth-order valence-electron chi connectivity index (χ4n) is 2.93. The highest BCUT2D eigenvalue weighted by molar-refractivity contribution is 5.95. The maximum Gasteiger partial charge on any atom is 0.417 e. The minimum absolute atomic E-state index is 0.233. The van der Waals surface area contributed by atoms with Crippen molar-refractivity contribution in [2.45, 2.75) is 19.0 Å². The first-order valence-electron chi connectivity index (χ1n) is 7.52. The molecule has 0 aliphatic carbocycles. The number of hydrogen-bond donors (Lipinski definition) is 2. The molecule has 1 aliphatic rings. The van der Waals surface area contributed by atoms with Crippen molar-refractivity contribution in [1.29, 1.82) is 0 Å². The Labute approximate surface area is 133 Å². The summed E-state index contributed by atoms with van der Waals surface area (Å²) in [6, 6.07) is 4.83. The maximum absolute atomic E-state index is 13.0. The first kappa shape index (κ1) is 17.7. The van der Waals surface area contributed by atoms with E-state index in [0.717, 1.165) is 32.0 Å². The molecule has 1 amide bonds. The topological polar surface area (TPSA) is 50.4 Å². The van der Waals surface area contributed by atoms with Crippen LogP contribution in [0.15, 0.2) is 24.3 Å². The average molecular weight is 330 g/mol. The fraction of sp³-hybridized carbons (Fsp3) is 0.562. The predicted octanol–water partition coefficient (Wildman–Crippen LogP) is 2.45. The van der Waals surface area contributed by atoms with E-state index >= 15 is 0 Å². The lowest BCUT2D eigenvalue weighted by Crippen LogP contribution is -2.47. The van der Waals surface area contributed by atoms with Gasteiger partial charge in [0.15, 0.2) is 0 Å². The molecule has 1 fully saturated rings. The summed E-state index contributed by atoms with van der Waals surface area (Å²) in [5, 5.41) is 5.89. The SMILES string of the molecule is COCC1(CNC(=O)c2ccccc2C(F)(F)F)CCNCC1. The number of amides is 1. The van der Waals surface area contributed by atoms with Crippen LogP contribution in [0.2, 0.25) is 0 Å². The Balaban J connectivity index is 2.10. The molecule has 4 nitrogen and oxygen atoms in total. The van der Waals surface area contributed by atoms with Gasteiger partial charge in [0, 0.05) is 19.1 Å². The Morgan fingerprint density at radius 2 is 1.96 bits per heavy atom. The van der Waals surface area contributed by atoms with Crippen molar-refractivity contribution in [1.82, 2.24) is 10.6 Å². The van der Waals surface area contributed by atoms with Crippen molar-refractivity contribution in [3.63, 3.8) is 0 Å². The summed E-state index contributed by atoms with van der Waals surface area (Å²) in [5.41, 5.74) is -1.49. The highest BCUT2D eigenvalue weighted by Gasteiger charge is 2.36. The summed E-state index contributed by atoms with van der Waals surface area (Å²) in [6.45, 7) is 2.38. The van der Waals surface area contributed by atoms with Crippen LogP contribution in [0, 0.1) is 5.41 Å². The van der Waals surface area contributed by atoms with Crippen LogP contribution in [0.5, 0.6) is 0 Å². The third-order valence-electron chi connectivity index (χ3n) is 4.22. The lowest BCUT2D eigenvalue weighted by atomic mass is 9.79. The van der Waals surface area contributed by atoms with E-state index in [-0.39, 0.29) is 11.0 Å². The third-order valence-corrected chi connectivity index (χ3v) is 4.22. The molecule has 2 N–H and O–H groups in total. The highest BCUT2D eigenvalue weighted by Crippen LogP contribution is 2.32. The fourth-order valence-corrected chi connectivity index (χ4v) is 2.93. The van der Waals surface area contributed by atoms with Crippen LogP contribution in [0.4, 0.5) is 13.2 Å². The van der Waals surface area contributed by atoms with E-state index in [2.05, 4.69) is 10.6 Å². The van der Waals surface area contributed by atoms with Crippen molar-refractivity contribution in [3.05, 3.63) is 35.4 Å². The van der Waals surface area contributed by atoms with Gasteiger partial charge in [0.1, 0.15) is 0 Å². The summed E-state index contributed by atoms with van der Waals surface area (Å²) < 4.78 is 44.2. The molecule has 0 radical (unpaired) electrons. The summed E-state index contributed by atoms with van der Waals surface area (Å²) in [4.78, 5) is 12.2. The Kier molecular flexibility index (Phi) is 5.64. The highest BCUT2D eigenvalue weighted by atomic mass is 19.4. The van der Waals surface area contributed by atoms with Crippen molar-refractivity contribution < 1.29 is 22.7 Å². The lowest BCUT2D eigenvalue weighted by Gasteiger charge is -2.37. The van der Waals surface area contributed by atoms with Gasteiger partial charge in [-0.2, -0.15) is 13.2 Å². The molecular weight excluding hydrogens is 309 g/mol. The largest absolute Gasteiger partial charge is 0.417 e. The van der Waals surface area contributed by atoms with Crippen LogP contribution < -0.4 is 10.6 Å². The van der Waals surface area contributed by atoms with E-state index in [0.29, 0.717) is 13.2 Å². The van der Waals surface area contributed by atoms with E-state index in [9.17, 15) is 18.0 Å². The molecular formula is C16H21F3N2O2. The molecule has 23 heavy (non-hydrogen) atoms. The number of piperidine rings is 1. The van der Waals surface area contributed by atoms with Crippen LogP contribution >= 0.6 is 0 Å². The van der Waals surface area contributed by atoms with Gasteiger partial charge in [-0.1, -0.05) is 12.1 Å². The number of carbonyl (C=O) groups is 1. The number of carbonyl (C=O) groups excluding carboxylic acids is 1. The van der Waals surface area contributed by atoms with Crippen LogP contribution in [-0.4, -0.2) is 39.3 Å². The van der Waals surface area contributed by atoms with Gasteiger partial charge in [0.05, 0.1) is 17.7 Å². The summed E-state index contributed by atoms with van der Waals surface area (Å²) in [5.74, 6) is -0.702. The number of hydrogen-bond acceptors (Lipinski definition) is 3. The number of halogens is 3. The van der Waals surface area contributed by atoms with E-state index in [1.807, 2.05) is 0 Å². The summed E-state index contributed by atoms with van der Waals surface area (Å²) in [6.07, 6.45) is -2.93. The second-order valence-electron chi connectivity index (χ2n) is 5.91. The molecule has 128 valence electrons. The molecule has 1 aromatic carbocycles. The van der Waals surface area contributed by atoms with Crippen molar-refractivity contribution in [2.75, 3.05) is 33.4 Å². The Morgan fingerprint density at radius 3 is 2.57 bits per heavy atom. The molecule has 0 unspecified atom stereocenters. The van der Waals surface area contributed by atoms with Crippen molar-refractivity contribution in [3.8, 4) is 0 Å². The first-order chi connectivity index (χ1) is 10.9. The van der Waals surface area contributed by atoms with Crippen LogP contribution in [0.25, 0.3) is 0 Å². The number of rotatable bonds is 5. The van der Waals surface area contributed by atoms with Crippen molar-refractivity contribution in [2.24, 2.45) is 5.41 Å². The molecule has 0 saturated carbocycles. The zero-order valence-electron chi connectivity index (χ0n) is 13.0. The number of nitrogens with one attached hydrogen (secondary N) is 2. The number of benzene rings is 1. The molecule has 0 aromatic heterocycles. The van der Waals surface area contributed by atoms with E-state index in [1.165, 1.54) is 18.2 Å². The normalized spacial score (nSPS) is 17.7. The quantitative estimate of drug-likeness (QED) is 0.872.